The first-order valence-electron chi connectivity index (χ1n) is 6.53. The minimum Gasteiger partial charge on any atom is -0.356 e. The van der Waals surface area contributed by atoms with E-state index in [2.05, 4.69) is 25.8 Å². The molecule has 0 spiro atoms. The summed E-state index contributed by atoms with van der Waals surface area (Å²) in [6, 6.07) is 1.78. The number of carbonyl (C=O) groups is 2. The Labute approximate surface area is 126 Å². The maximum absolute atomic E-state index is 12.2. The molecule has 110 valence electrons. The summed E-state index contributed by atoms with van der Waals surface area (Å²) in [7, 11) is 3.51. The Morgan fingerprint density at radius 2 is 1.95 bits per heavy atom. The molecule has 0 atom stereocenters. The molecule has 1 fully saturated rings. The molecular formula is C13H19BrN4O2. The first-order valence-corrected chi connectivity index (χ1v) is 7.32. The van der Waals surface area contributed by atoms with Gasteiger partial charge in [0.15, 0.2) is 0 Å². The van der Waals surface area contributed by atoms with Crippen molar-refractivity contribution in [2.45, 2.75) is 0 Å². The van der Waals surface area contributed by atoms with Gasteiger partial charge < -0.3 is 14.8 Å². The van der Waals surface area contributed by atoms with Crippen LogP contribution in [0.2, 0.25) is 0 Å². The van der Waals surface area contributed by atoms with Gasteiger partial charge in [0.2, 0.25) is 5.91 Å². The highest BCUT2D eigenvalue weighted by Gasteiger charge is 2.24. The summed E-state index contributed by atoms with van der Waals surface area (Å²) >= 11 is 3.32. The second-order valence-electron chi connectivity index (χ2n) is 5.09. The maximum atomic E-state index is 12.2. The van der Waals surface area contributed by atoms with Crippen LogP contribution in [0.1, 0.15) is 10.5 Å². The fraction of sp³-hybridized carbons (Fsp3) is 0.538. The fourth-order valence-corrected chi connectivity index (χ4v) is 2.45. The van der Waals surface area contributed by atoms with Gasteiger partial charge in [-0.05, 0) is 22.0 Å². The van der Waals surface area contributed by atoms with E-state index in [1.807, 2.05) is 4.90 Å². The number of nitrogens with zero attached hydrogens (tertiary/aromatic N) is 3. The topological polar surface area (TPSA) is 59.7 Å². The maximum Gasteiger partial charge on any atom is 0.270 e. The predicted octanol–water partition coefficient (Wildman–Crippen LogP) is 0.623. The summed E-state index contributed by atoms with van der Waals surface area (Å²) in [4.78, 5) is 32.3. The summed E-state index contributed by atoms with van der Waals surface area (Å²) in [6.07, 6.45) is 1.75. The number of carbonyl (C=O) groups excluding carboxylic acids is 2. The molecule has 2 heterocycles. The second-order valence-corrected chi connectivity index (χ2v) is 6.00. The van der Waals surface area contributed by atoms with Gasteiger partial charge in [0.05, 0.1) is 6.54 Å². The number of piperazine rings is 1. The van der Waals surface area contributed by atoms with Gasteiger partial charge in [-0.1, -0.05) is 0 Å². The molecule has 6 nitrogen and oxygen atoms in total. The predicted molar refractivity (Wildman–Crippen MR) is 79.5 cm³/mol. The molecule has 0 bridgehead atoms. The number of halogens is 1. The van der Waals surface area contributed by atoms with Crippen molar-refractivity contribution in [3.8, 4) is 0 Å². The number of rotatable bonds is 3. The van der Waals surface area contributed by atoms with Crippen molar-refractivity contribution in [3.63, 3.8) is 0 Å². The third-order valence-corrected chi connectivity index (χ3v) is 3.85. The fourth-order valence-electron chi connectivity index (χ4n) is 2.10. The molecule has 1 aromatic rings. The molecule has 1 saturated heterocycles. The van der Waals surface area contributed by atoms with Gasteiger partial charge in [-0.25, -0.2) is 0 Å². The normalized spacial score (nSPS) is 16.2. The molecule has 0 saturated carbocycles. The highest BCUT2D eigenvalue weighted by Crippen LogP contribution is 2.13. The van der Waals surface area contributed by atoms with Crippen LogP contribution in [0, 0.1) is 0 Å². The molecule has 0 unspecified atom stereocenters. The van der Waals surface area contributed by atoms with Gasteiger partial charge >= 0.3 is 0 Å². The lowest BCUT2D eigenvalue weighted by Crippen LogP contribution is -2.51. The van der Waals surface area contributed by atoms with Crippen LogP contribution < -0.4 is 0 Å². The Morgan fingerprint density at radius 1 is 1.30 bits per heavy atom. The van der Waals surface area contributed by atoms with Crippen LogP contribution in [0.5, 0.6) is 0 Å². The molecule has 2 amide bonds. The van der Waals surface area contributed by atoms with Crippen molar-refractivity contribution in [1.29, 1.82) is 0 Å². The summed E-state index contributed by atoms with van der Waals surface area (Å²) in [6.45, 7) is 3.18. The monoisotopic (exact) mass is 342 g/mol. The standard InChI is InChI=1S/C13H19BrN4O2/c1-16(2)12(19)9-17-3-5-18(6-4-17)13(20)11-7-10(14)8-15-11/h7-8,15H,3-6,9H2,1-2H3. The first-order chi connectivity index (χ1) is 9.47. The van der Waals surface area contributed by atoms with Crippen molar-refractivity contribution in [2.24, 2.45) is 0 Å². The first kappa shape index (κ1) is 15.1. The third-order valence-electron chi connectivity index (χ3n) is 3.40. The Kier molecular flexibility index (Phi) is 4.82. The largest absolute Gasteiger partial charge is 0.356 e. The third kappa shape index (κ3) is 3.61. The summed E-state index contributed by atoms with van der Waals surface area (Å²) in [5.74, 6) is 0.104. The molecule has 0 radical (unpaired) electrons. The molecule has 1 aromatic heterocycles. The van der Waals surface area contributed by atoms with Gasteiger partial charge in [0.1, 0.15) is 5.69 Å². The van der Waals surface area contributed by atoms with E-state index in [4.69, 9.17) is 0 Å². The van der Waals surface area contributed by atoms with Crippen molar-refractivity contribution >= 4 is 27.7 Å². The number of hydrogen-bond donors (Lipinski definition) is 1. The second kappa shape index (κ2) is 6.41. The molecule has 20 heavy (non-hydrogen) atoms. The Bertz CT molecular complexity index is 492. The van der Waals surface area contributed by atoms with Crippen LogP contribution in [-0.2, 0) is 4.79 Å². The molecular weight excluding hydrogens is 324 g/mol. The molecule has 0 aliphatic carbocycles. The minimum absolute atomic E-state index is 0.00860. The lowest BCUT2D eigenvalue weighted by Gasteiger charge is -2.34. The van der Waals surface area contributed by atoms with Gasteiger partial charge in [0.25, 0.3) is 5.91 Å². The summed E-state index contributed by atoms with van der Waals surface area (Å²) in [5.41, 5.74) is 0.592. The molecule has 1 N–H and O–H groups in total. The minimum atomic E-state index is 0.00860. The average Bonchev–Trinajstić information content (AvgIpc) is 2.85. The lowest BCUT2D eigenvalue weighted by molar-refractivity contribution is -0.130. The van der Waals surface area contributed by atoms with Gasteiger partial charge in [-0.3, -0.25) is 14.5 Å². The number of aromatic amines is 1. The zero-order chi connectivity index (χ0) is 14.7. The smallest absolute Gasteiger partial charge is 0.270 e. The van der Waals surface area contributed by atoms with E-state index in [-0.39, 0.29) is 11.8 Å². The van der Waals surface area contributed by atoms with Gasteiger partial charge in [0, 0.05) is 50.9 Å². The number of nitrogens with one attached hydrogen (secondary N) is 1. The van der Waals surface area contributed by atoms with Gasteiger partial charge in [-0.2, -0.15) is 0 Å². The lowest BCUT2D eigenvalue weighted by atomic mass is 10.2. The van der Waals surface area contributed by atoms with E-state index in [1.54, 1.807) is 31.3 Å². The number of H-pyrrole nitrogens is 1. The van der Waals surface area contributed by atoms with Crippen LogP contribution in [-0.4, -0.2) is 78.3 Å². The van der Waals surface area contributed by atoms with Crippen molar-refractivity contribution < 1.29 is 9.59 Å². The quantitative estimate of drug-likeness (QED) is 0.876. The Hall–Kier alpha value is -1.34. The van der Waals surface area contributed by atoms with Crippen LogP contribution in [0.15, 0.2) is 16.7 Å². The van der Waals surface area contributed by atoms with Crippen molar-refractivity contribution in [1.82, 2.24) is 19.7 Å². The SMILES string of the molecule is CN(C)C(=O)CN1CCN(C(=O)c2cc(Br)c[nH]2)CC1. The average molecular weight is 343 g/mol. The number of hydrogen-bond acceptors (Lipinski definition) is 3. The summed E-state index contributed by atoms with van der Waals surface area (Å²) < 4.78 is 0.871. The molecule has 7 heteroatoms. The van der Waals surface area contributed by atoms with E-state index in [9.17, 15) is 9.59 Å². The van der Waals surface area contributed by atoms with Crippen molar-refractivity contribution in [2.75, 3.05) is 46.8 Å². The molecule has 1 aliphatic rings. The van der Waals surface area contributed by atoms with Crippen LogP contribution in [0.4, 0.5) is 0 Å². The molecule has 1 aliphatic heterocycles. The van der Waals surface area contributed by atoms with E-state index in [0.29, 0.717) is 25.3 Å². The van der Waals surface area contributed by atoms with E-state index >= 15 is 0 Å². The van der Waals surface area contributed by atoms with Crippen LogP contribution >= 0.6 is 15.9 Å². The van der Waals surface area contributed by atoms with Crippen molar-refractivity contribution in [3.05, 3.63) is 22.4 Å². The number of aromatic nitrogens is 1. The van der Waals surface area contributed by atoms with E-state index in [0.717, 1.165) is 17.6 Å². The zero-order valence-corrected chi connectivity index (χ0v) is 13.3. The molecule has 2 rings (SSSR count). The van der Waals surface area contributed by atoms with Gasteiger partial charge in [-0.15, -0.1) is 0 Å². The number of amides is 2. The summed E-state index contributed by atoms with van der Waals surface area (Å²) in [5, 5.41) is 0. The highest BCUT2D eigenvalue weighted by atomic mass is 79.9. The Morgan fingerprint density at radius 3 is 2.45 bits per heavy atom. The molecule has 0 aromatic carbocycles. The van der Waals surface area contributed by atoms with Crippen LogP contribution in [0.3, 0.4) is 0 Å². The number of likely N-dealkylation sites (N-methyl/N-ethyl adjacent to an activating group) is 1. The highest BCUT2D eigenvalue weighted by molar-refractivity contribution is 9.10. The van der Waals surface area contributed by atoms with E-state index in [1.165, 1.54) is 0 Å². The Balaban J connectivity index is 1.85. The zero-order valence-electron chi connectivity index (χ0n) is 11.7. The van der Waals surface area contributed by atoms with Crippen LogP contribution in [0.25, 0.3) is 0 Å². The van der Waals surface area contributed by atoms with E-state index < -0.39 is 0 Å².